The third-order valence-corrected chi connectivity index (χ3v) is 12.2. The van der Waals surface area contributed by atoms with E-state index in [1.54, 1.807) is 0 Å². The summed E-state index contributed by atoms with van der Waals surface area (Å²) in [5.74, 6) is 0. The summed E-state index contributed by atoms with van der Waals surface area (Å²) in [5.41, 5.74) is 9.90. The van der Waals surface area contributed by atoms with Gasteiger partial charge in [0.15, 0.2) is 0 Å². The molecule has 0 aliphatic rings. The van der Waals surface area contributed by atoms with Gasteiger partial charge in [0.1, 0.15) is 0 Å². The Bertz CT molecular complexity index is 2840. The number of hydrogen-bond donors (Lipinski definition) is 0. The van der Waals surface area contributed by atoms with Crippen molar-refractivity contribution in [2.45, 2.75) is 0 Å². The van der Waals surface area contributed by atoms with Gasteiger partial charge in [-0.25, -0.2) is 0 Å². The number of para-hydroxylation sites is 1. The number of anilines is 3. The van der Waals surface area contributed by atoms with E-state index in [1.165, 1.54) is 52.3 Å². The van der Waals surface area contributed by atoms with Gasteiger partial charge in [-0.2, -0.15) is 0 Å². The van der Waals surface area contributed by atoms with E-state index in [2.05, 4.69) is 169 Å². The van der Waals surface area contributed by atoms with Crippen LogP contribution in [0.25, 0.3) is 74.3 Å². The van der Waals surface area contributed by atoms with E-state index < -0.39 is 0 Å². The Labute approximate surface area is 289 Å². The molecule has 0 aliphatic carbocycles. The third-order valence-electron chi connectivity index (χ3n) is 9.67. The van der Waals surface area contributed by atoms with Crippen LogP contribution in [0.15, 0.2) is 180 Å². The van der Waals surface area contributed by atoms with Crippen molar-refractivity contribution < 1.29 is 4.42 Å². The second-order valence-electron chi connectivity index (χ2n) is 12.5. The van der Waals surface area contributed by atoms with Crippen LogP contribution in [0.2, 0.25) is 0 Å². The molecule has 49 heavy (non-hydrogen) atoms. The van der Waals surface area contributed by atoms with E-state index in [0.717, 1.165) is 39.0 Å². The van der Waals surface area contributed by atoms with Crippen LogP contribution >= 0.6 is 0 Å². The molecular weight excluding hydrogens is 661 g/mol. The molecular formula is C46H29NOSe. The minimum Gasteiger partial charge on any atom is -0.0617 e. The van der Waals surface area contributed by atoms with Crippen LogP contribution in [-0.4, -0.2) is 14.5 Å². The summed E-state index contributed by atoms with van der Waals surface area (Å²) in [5, 5.41) is 7.58. The van der Waals surface area contributed by atoms with Gasteiger partial charge in [-0.05, 0) is 0 Å². The SMILES string of the molecule is c1ccc(-c2ccccc2-c2cccc(N(c3ccc4c(c3)oc3ccccc34)c3cccc4c3ccc3c5ccccc5[se]c43)c2)cc1. The molecule has 0 aliphatic heterocycles. The molecule has 10 aromatic rings. The summed E-state index contributed by atoms with van der Waals surface area (Å²) >= 11 is 0.253. The summed E-state index contributed by atoms with van der Waals surface area (Å²) < 4.78 is 9.35. The number of hydrogen-bond acceptors (Lipinski definition) is 2. The molecule has 230 valence electrons. The van der Waals surface area contributed by atoms with Crippen LogP contribution in [0.5, 0.6) is 0 Å². The Morgan fingerprint density at radius 1 is 0.388 bits per heavy atom. The molecule has 0 saturated heterocycles. The molecule has 2 nitrogen and oxygen atoms in total. The molecule has 0 fully saturated rings. The summed E-state index contributed by atoms with van der Waals surface area (Å²) in [4.78, 5) is 2.41. The first kappa shape index (κ1) is 28.2. The molecule has 3 heteroatoms. The normalized spacial score (nSPS) is 11.7. The molecule has 0 unspecified atom stereocenters. The Morgan fingerprint density at radius 3 is 1.90 bits per heavy atom. The molecule has 2 heterocycles. The van der Waals surface area contributed by atoms with E-state index in [-0.39, 0.29) is 14.5 Å². The molecule has 0 saturated carbocycles. The van der Waals surface area contributed by atoms with E-state index in [0.29, 0.717) is 0 Å². The van der Waals surface area contributed by atoms with E-state index in [9.17, 15) is 0 Å². The quantitative estimate of drug-likeness (QED) is 0.167. The van der Waals surface area contributed by atoms with Crippen molar-refractivity contribution in [1.82, 2.24) is 0 Å². The van der Waals surface area contributed by atoms with Crippen LogP contribution in [0.1, 0.15) is 0 Å². The standard InChI is InChI=1S/C46H29NOSe/c1-2-12-30(13-3-1)34-16-4-5-17-35(34)31-14-10-15-32(28-31)47(33-24-25-38-37-18-6-8-22-43(37)48-44(38)29-33)42-21-11-20-40-36(42)26-27-41-39-19-7-9-23-45(39)49-46(40)41/h1-29H. The predicted octanol–water partition coefficient (Wildman–Crippen LogP) is 12.9. The van der Waals surface area contributed by atoms with Crippen molar-refractivity contribution in [2.75, 3.05) is 4.90 Å². The molecule has 10 rings (SSSR count). The Morgan fingerprint density at radius 2 is 1.00 bits per heavy atom. The van der Waals surface area contributed by atoms with Crippen molar-refractivity contribution in [3.05, 3.63) is 176 Å². The fourth-order valence-corrected chi connectivity index (χ4v) is 10.00. The zero-order valence-corrected chi connectivity index (χ0v) is 28.2. The molecule has 8 aromatic carbocycles. The first-order valence-corrected chi connectivity index (χ1v) is 18.3. The van der Waals surface area contributed by atoms with Gasteiger partial charge in [-0.1, -0.05) is 18.2 Å². The predicted molar refractivity (Wildman–Crippen MR) is 209 cm³/mol. The maximum absolute atomic E-state index is 6.43. The summed E-state index contributed by atoms with van der Waals surface area (Å²) in [6.07, 6.45) is 0. The fourth-order valence-electron chi connectivity index (χ4n) is 7.42. The Balaban J connectivity index is 1.21. The van der Waals surface area contributed by atoms with Gasteiger partial charge in [-0.15, -0.1) is 0 Å². The van der Waals surface area contributed by atoms with Crippen molar-refractivity contribution in [3.8, 4) is 22.3 Å². The molecule has 0 radical (unpaired) electrons. The van der Waals surface area contributed by atoms with Crippen LogP contribution in [0, 0.1) is 0 Å². The molecule has 0 spiro atoms. The third kappa shape index (κ3) is 4.63. The molecule has 0 bridgehead atoms. The first-order valence-electron chi connectivity index (χ1n) is 16.6. The van der Waals surface area contributed by atoms with Gasteiger partial charge in [-0.3, -0.25) is 0 Å². The minimum absolute atomic E-state index is 0.253. The molecule has 0 amide bonds. The minimum atomic E-state index is 0.253. The van der Waals surface area contributed by atoms with Crippen molar-refractivity contribution >= 4 is 83.6 Å². The zero-order chi connectivity index (χ0) is 32.3. The smallest absolute Gasteiger partial charge is 0.0617 e. The number of fused-ring (bicyclic) bond motifs is 8. The monoisotopic (exact) mass is 691 g/mol. The second kappa shape index (κ2) is 11.4. The first-order chi connectivity index (χ1) is 24.3. The van der Waals surface area contributed by atoms with Crippen molar-refractivity contribution in [1.29, 1.82) is 0 Å². The van der Waals surface area contributed by atoms with Crippen LogP contribution in [-0.2, 0) is 0 Å². The van der Waals surface area contributed by atoms with Gasteiger partial charge in [0.25, 0.3) is 0 Å². The number of benzene rings is 8. The second-order valence-corrected chi connectivity index (χ2v) is 14.7. The Kier molecular flexibility index (Phi) is 6.55. The fraction of sp³-hybridized carbons (Fsp3) is 0. The summed E-state index contributed by atoms with van der Waals surface area (Å²) in [6.45, 7) is 0. The van der Waals surface area contributed by atoms with Gasteiger partial charge in [0.2, 0.25) is 0 Å². The van der Waals surface area contributed by atoms with Crippen molar-refractivity contribution in [3.63, 3.8) is 0 Å². The van der Waals surface area contributed by atoms with E-state index in [4.69, 9.17) is 4.42 Å². The van der Waals surface area contributed by atoms with Crippen LogP contribution in [0.4, 0.5) is 17.1 Å². The van der Waals surface area contributed by atoms with Gasteiger partial charge >= 0.3 is 273 Å². The zero-order valence-electron chi connectivity index (χ0n) is 26.5. The molecule has 0 N–H and O–H groups in total. The summed E-state index contributed by atoms with van der Waals surface area (Å²) in [6, 6.07) is 63.6. The topological polar surface area (TPSA) is 16.4 Å². The number of nitrogens with zero attached hydrogens (tertiary/aromatic N) is 1. The van der Waals surface area contributed by atoms with Crippen LogP contribution in [0.3, 0.4) is 0 Å². The average Bonchev–Trinajstić information content (AvgIpc) is 3.74. The van der Waals surface area contributed by atoms with Gasteiger partial charge < -0.3 is 0 Å². The molecule has 2 aromatic heterocycles. The molecule has 0 atom stereocenters. The number of rotatable bonds is 5. The van der Waals surface area contributed by atoms with Gasteiger partial charge in [0, 0.05) is 0 Å². The van der Waals surface area contributed by atoms with E-state index >= 15 is 0 Å². The summed E-state index contributed by atoms with van der Waals surface area (Å²) in [7, 11) is 0. The van der Waals surface area contributed by atoms with E-state index in [1.807, 2.05) is 12.1 Å². The van der Waals surface area contributed by atoms with Crippen molar-refractivity contribution in [2.24, 2.45) is 0 Å². The average molecular weight is 691 g/mol. The maximum atomic E-state index is 6.43. The number of furan rings is 1. The Hall–Kier alpha value is -5.86. The van der Waals surface area contributed by atoms with Crippen LogP contribution < -0.4 is 4.90 Å². The van der Waals surface area contributed by atoms with Gasteiger partial charge in [0.05, 0.1) is 0 Å².